The number of hydrogen-bond donors (Lipinski definition) is 0. The summed E-state index contributed by atoms with van der Waals surface area (Å²) in [5.74, 6) is 2.13. The first-order chi connectivity index (χ1) is 23.6. The van der Waals surface area contributed by atoms with Gasteiger partial charge in [0.25, 0.3) is 5.56 Å². The molecule has 0 aliphatic carbocycles. The maximum atomic E-state index is 13.6. The molecule has 0 spiro atoms. The molecule has 3 heterocycles. The summed E-state index contributed by atoms with van der Waals surface area (Å²) in [5, 5.41) is 9.53. The molecule has 48 heavy (non-hydrogen) atoms. The molecule has 0 saturated carbocycles. The molecular formula is C39H35N5O3S. The fourth-order valence-corrected chi connectivity index (χ4v) is 6.36. The molecule has 0 atom stereocenters. The minimum absolute atomic E-state index is 0.219. The number of nitrogens with zero attached hydrogens (tertiary/aromatic N) is 5. The van der Waals surface area contributed by atoms with E-state index in [1.54, 1.807) is 0 Å². The van der Waals surface area contributed by atoms with Gasteiger partial charge in [-0.1, -0.05) is 79.6 Å². The van der Waals surface area contributed by atoms with Gasteiger partial charge in [0, 0.05) is 22.9 Å². The van der Waals surface area contributed by atoms with Crippen molar-refractivity contribution in [3.05, 3.63) is 141 Å². The zero-order chi connectivity index (χ0) is 32.9. The number of aryl methyl sites for hydroxylation is 1. The second-order valence-corrected chi connectivity index (χ2v) is 12.6. The van der Waals surface area contributed by atoms with Gasteiger partial charge in [0.2, 0.25) is 4.96 Å². The van der Waals surface area contributed by atoms with E-state index >= 15 is 0 Å². The number of ether oxygens (including phenoxy) is 2. The standard InChI is InChI=1S/C39H35N5O3S/c1-3-4-11-22-46-33-19-16-29(17-20-33)37-40-39-44(42-37)38(45)35(48-39)24-31-25-43(32-14-9-6-10-15-32)41-36(31)30-18-21-34(27(2)23-30)47-26-28-12-7-5-8-13-28/h5-10,12-21,23-25H,3-4,11,22,26H2,1-2H3. The first-order valence-corrected chi connectivity index (χ1v) is 16.9. The lowest BCUT2D eigenvalue weighted by Gasteiger charge is -2.10. The highest BCUT2D eigenvalue weighted by Gasteiger charge is 2.16. The molecular weight excluding hydrogens is 619 g/mol. The van der Waals surface area contributed by atoms with E-state index in [4.69, 9.17) is 19.6 Å². The van der Waals surface area contributed by atoms with Crippen LogP contribution in [0.4, 0.5) is 0 Å². The van der Waals surface area contributed by atoms with Gasteiger partial charge in [0.05, 0.1) is 16.8 Å². The van der Waals surface area contributed by atoms with Crippen LogP contribution in [0.5, 0.6) is 11.5 Å². The van der Waals surface area contributed by atoms with E-state index < -0.39 is 0 Å². The van der Waals surface area contributed by atoms with Gasteiger partial charge in [-0.25, -0.2) is 4.68 Å². The smallest absolute Gasteiger partial charge is 0.291 e. The third-order valence-corrected chi connectivity index (χ3v) is 9.01. The van der Waals surface area contributed by atoms with E-state index in [1.807, 2.05) is 121 Å². The molecule has 0 amide bonds. The molecule has 0 bridgehead atoms. The third kappa shape index (κ3) is 6.77. The monoisotopic (exact) mass is 653 g/mol. The van der Waals surface area contributed by atoms with Crippen LogP contribution in [0.3, 0.4) is 0 Å². The first kappa shape index (κ1) is 31.1. The lowest BCUT2D eigenvalue weighted by molar-refractivity contribution is 0.304. The number of benzene rings is 4. The lowest BCUT2D eigenvalue weighted by atomic mass is 10.0. The Hall–Kier alpha value is -5.54. The van der Waals surface area contributed by atoms with Crippen LogP contribution in [0.1, 0.15) is 42.9 Å². The highest BCUT2D eigenvalue weighted by atomic mass is 32.1. The highest BCUT2D eigenvalue weighted by molar-refractivity contribution is 7.15. The molecule has 4 aromatic carbocycles. The van der Waals surface area contributed by atoms with Crippen molar-refractivity contribution in [2.45, 2.75) is 39.7 Å². The number of thiazole rings is 1. The Kier molecular flexibility index (Phi) is 9.11. The predicted octanol–water partition coefficient (Wildman–Crippen LogP) is 7.67. The molecule has 9 heteroatoms. The van der Waals surface area contributed by atoms with Crippen molar-refractivity contribution in [2.24, 2.45) is 0 Å². The van der Waals surface area contributed by atoms with Crippen LogP contribution in [0.2, 0.25) is 0 Å². The Balaban J connectivity index is 1.19. The van der Waals surface area contributed by atoms with Crippen LogP contribution < -0.4 is 19.6 Å². The Morgan fingerprint density at radius 2 is 1.58 bits per heavy atom. The van der Waals surface area contributed by atoms with Crippen molar-refractivity contribution in [1.29, 1.82) is 0 Å². The average molecular weight is 654 g/mol. The number of fused-ring (bicyclic) bond motifs is 1. The van der Waals surface area contributed by atoms with Crippen molar-refractivity contribution in [3.63, 3.8) is 0 Å². The summed E-state index contributed by atoms with van der Waals surface area (Å²) in [7, 11) is 0. The molecule has 0 N–H and O–H groups in total. The maximum Gasteiger partial charge on any atom is 0.291 e. The molecule has 0 aliphatic rings. The lowest BCUT2D eigenvalue weighted by Crippen LogP contribution is -2.23. The van der Waals surface area contributed by atoms with Gasteiger partial charge < -0.3 is 9.47 Å². The van der Waals surface area contributed by atoms with Crippen LogP contribution in [0.15, 0.2) is 114 Å². The number of aromatic nitrogens is 5. The number of hydrogen-bond acceptors (Lipinski definition) is 7. The Morgan fingerprint density at radius 1 is 0.833 bits per heavy atom. The number of para-hydroxylation sites is 1. The Labute approximate surface area is 282 Å². The normalized spacial score (nSPS) is 11.8. The summed E-state index contributed by atoms with van der Waals surface area (Å²) in [5.41, 5.74) is 6.13. The van der Waals surface area contributed by atoms with E-state index in [-0.39, 0.29) is 5.56 Å². The van der Waals surface area contributed by atoms with E-state index in [0.717, 1.165) is 70.0 Å². The van der Waals surface area contributed by atoms with E-state index in [0.29, 0.717) is 28.5 Å². The molecule has 7 rings (SSSR count). The highest BCUT2D eigenvalue weighted by Crippen LogP contribution is 2.30. The van der Waals surface area contributed by atoms with Gasteiger partial charge in [-0.2, -0.15) is 14.6 Å². The second-order valence-electron chi connectivity index (χ2n) is 11.6. The minimum atomic E-state index is -0.219. The average Bonchev–Trinajstić information content (AvgIpc) is 3.82. The molecule has 7 aromatic rings. The van der Waals surface area contributed by atoms with Crippen LogP contribution in [0.25, 0.3) is 39.4 Å². The summed E-state index contributed by atoms with van der Waals surface area (Å²) < 4.78 is 15.7. The third-order valence-electron chi connectivity index (χ3n) is 8.05. The van der Waals surface area contributed by atoms with Gasteiger partial charge in [0.15, 0.2) is 5.82 Å². The fourth-order valence-electron chi connectivity index (χ4n) is 5.46. The quantitative estimate of drug-likeness (QED) is 0.126. The van der Waals surface area contributed by atoms with Crippen molar-refractivity contribution < 1.29 is 9.47 Å². The molecule has 240 valence electrons. The summed E-state index contributed by atoms with van der Waals surface area (Å²) in [4.78, 5) is 18.8. The predicted molar refractivity (Wildman–Crippen MR) is 191 cm³/mol. The van der Waals surface area contributed by atoms with Gasteiger partial charge in [0.1, 0.15) is 23.8 Å². The van der Waals surface area contributed by atoms with Crippen LogP contribution in [-0.4, -0.2) is 31.0 Å². The van der Waals surface area contributed by atoms with Crippen LogP contribution in [0, 0.1) is 6.92 Å². The first-order valence-electron chi connectivity index (χ1n) is 16.1. The van der Waals surface area contributed by atoms with Crippen LogP contribution >= 0.6 is 11.3 Å². The zero-order valence-electron chi connectivity index (χ0n) is 26.9. The molecule has 0 unspecified atom stereocenters. The molecule has 8 nitrogen and oxygen atoms in total. The summed E-state index contributed by atoms with van der Waals surface area (Å²) in [6.07, 6.45) is 7.17. The van der Waals surface area contributed by atoms with Gasteiger partial charge >= 0.3 is 0 Å². The summed E-state index contributed by atoms with van der Waals surface area (Å²) in [6, 6.07) is 33.8. The van der Waals surface area contributed by atoms with Crippen molar-refractivity contribution in [1.82, 2.24) is 24.4 Å². The zero-order valence-corrected chi connectivity index (χ0v) is 27.7. The number of unbranched alkanes of at least 4 members (excludes halogenated alkanes) is 2. The summed E-state index contributed by atoms with van der Waals surface area (Å²) in [6.45, 7) is 5.39. The van der Waals surface area contributed by atoms with Gasteiger partial charge in [-0.15, -0.1) is 5.10 Å². The maximum absolute atomic E-state index is 13.6. The van der Waals surface area contributed by atoms with E-state index in [9.17, 15) is 4.79 Å². The van der Waals surface area contributed by atoms with Gasteiger partial charge in [-0.3, -0.25) is 4.79 Å². The second kappa shape index (κ2) is 14.1. The molecule has 3 aromatic heterocycles. The van der Waals surface area contributed by atoms with Crippen molar-refractivity contribution >= 4 is 22.4 Å². The minimum Gasteiger partial charge on any atom is -0.494 e. The molecule has 0 fully saturated rings. The number of rotatable bonds is 12. The van der Waals surface area contributed by atoms with Crippen molar-refractivity contribution in [3.8, 4) is 39.8 Å². The molecule has 0 aliphatic heterocycles. The van der Waals surface area contributed by atoms with E-state index in [2.05, 4.69) is 18.1 Å². The van der Waals surface area contributed by atoms with Gasteiger partial charge in [-0.05, 0) is 85.1 Å². The molecule has 0 radical (unpaired) electrons. The molecule has 0 saturated heterocycles. The SMILES string of the molecule is CCCCCOc1ccc(-c2nc3sc(=Cc4cn(-c5ccccc5)nc4-c4ccc(OCc5ccccc5)c(C)c4)c(=O)n3n2)cc1. The largest absolute Gasteiger partial charge is 0.494 e. The van der Waals surface area contributed by atoms with Crippen LogP contribution in [-0.2, 0) is 6.61 Å². The topological polar surface area (TPSA) is 83.5 Å². The summed E-state index contributed by atoms with van der Waals surface area (Å²) >= 11 is 1.31. The van der Waals surface area contributed by atoms with E-state index in [1.165, 1.54) is 15.9 Å². The van der Waals surface area contributed by atoms with Crippen molar-refractivity contribution in [2.75, 3.05) is 6.61 Å². The fraction of sp³-hybridized carbons (Fsp3) is 0.179. The Morgan fingerprint density at radius 3 is 2.31 bits per heavy atom. The Bertz CT molecular complexity index is 2260.